The third kappa shape index (κ3) is 10.6. The lowest BCUT2D eigenvalue weighted by molar-refractivity contribution is -0.187. The minimum absolute atomic E-state index is 0.111. The number of rotatable bonds is 12. The molecule has 0 spiro atoms. The van der Waals surface area contributed by atoms with Crippen LogP contribution in [-0.4, -0.2) is 120 Å². The molecule has 43 heavy (non-hydrogen) atoms. The number of nitrogens with zero attached hydrogens (tertiary/aromatic N) is 3. The molecule has 1 aliphatic heterocycles. The lowest BCUT2D eigenvalue weighted by atomic mass is 10.3. The van der Waals surface area contributed by atoms with Gasteiger partial charge in [-0.3, -0.25) is 29.2 Å². The van der Waals surface area contributed by atoms with Crippen LogP contribution in [0.2, 0.25) is 0 Å². The zero-order valence-corrected chi connectivity index (χ0v) is 25.4. The number of hydrogen-bond donors (Lipinski definition) is 0. The van der Waals surface area contributed by atoms with E-state index < -0.39 is 78.3 Å². The quantitative estimate of drug-likeness (QED) is 0.196. The first-order chi connectivity index (χ1) is 19.9. The lowest BCUT2D eigenvalue weighted by Crippen LogP contribution is -2.45. The highest BCUT2D eigenvalue weighted by atomic mass is 16.6. The molecule has 0 aromatic rings. The maximum absolute atomic E-state index is 12.8. The van der Waals surface area contributed by atoms with Gasteiger partial charge in [-0.25, -0.2) is 24.0 Å². The van der Waals surface area contributed by atoms with Crippen LogP contribution >= 0.6 is 0 Å². The summed E-state index contributed by atoms with van der Waals surface area (Å²) in [6, 6.07) is 0. The Morgan fingerprint density at radius 2 is 0.837 bits per heavy atom. The van der Waals surface area contributed by atoms with Gasteiger partial charge in [0.15, 0.2) is 36.6 Å². The van der Waals surface area contributed by atoms with Gasteiger partial charge in [-0.2, -0.15) is 0 Å². The van der Waals surface area contributed by atoms with Gasteiger partial charge in [0.1, 0.15) is 0 Å². The summed E-state index contributed by atoms with van der Waals surface area (Å²) in [4.78, 5) is 103. The Kier molecular flexibility index (Phi) is 13.7. The van der Waals surface area contributed by atoms with Crippen LogP contribution in [0.4, 0.5) is 0 Å². The summed E-state index contributed by atoms with van der Waals surface area (Å²) in [5.74, 6) is -7.10. The average Bonchev–Trinajstić information content (AvgIpc) is 3.36. The molecule has 0 unspecified atom stereocenters. The van der Waals surface area contributed by atoms with Crippen molar-refractivity contribution in [3.63, 3.8) is 0 Å². The Morgan fingerprint density at radius 1 is 0.535 bits per heavy atom. The van der Waals surface area contributed by atoms with Crippen molar-refractivity contribution in [3.8, 4) is 0 Å². The molecule has 17 nitrogen and oxygen atoms in total. The van der Waals surface area contributed by atoms with Gasteiger partial charge in [0, 0.05) is 34.0 Å². The largest absolute Gasteiger partial charge is 0.451 e. The lowest BCUT2D eigenvalue weighted by Gasteiger charge is -2.23. The van der Waals surface area contributed by atoms with E-state index in [9.17, 15) is 38.4 Å². The molecule has 1 fully saturated rings. The van der Waals surface area contributed by atoms with Gasteiger partial charge >= 0.3 is 35.8 Å². The summed E-state index contributed by atoms with van der Waals surface area (Å²) in [5, 5.41) is 0. The maximum atomic E-state index is 12.8. The molecule has 0 bridgehead atoms. The van der Waals surface area contributed by atoms with E-state index in [2.05, 4.69) is 9.73 Å². The number of ether oxygens (including phenoxy) is 6. The number of hydrogen-bond acceptors (Lipinski definition) is 15. The molecule has 0 aromatic carbocycles. The smallest absolute Gasteiger partial charge is 0.347 e. The molecular weight excluding hydrogens is 578 g/mol. The second-order valence-electron chi connectivity index (χ2n) is 9.33. The van der Waals surface area contributed by atoms with Crippen LogP contribution in [0.3, 0.4) is 0 Å². The second-order valence-corrected chi connectivity index (χ2v) is 9.33. The van der Waals surface area contributed by atoms with Crippen LogP contribution in [-0.2, 0) is 66.8 Å². The van der Waals surface area contributed by atoms with Crippen LogP contribution in [0.15, 0.2) is 4.99 Å². The summed E-state index contributed by atoms with van der Waals surface area (Å²) >= 11 is 0. The molecule has 0 aromatic heterocycles. The predicted molar refractivity (Wildman–Crippen MR) is 141 cm³/mol. The summed E-state index contributed by atoms with van der Waals surface area (Å²) in [7, 11) is 1.40. The van der Waals surface area contributed by atoms with E-state index in [0.717, 1.165) is 27.7 Å². The van der Waals surface area contributed by atoms with Crippen molar-refractivity contribution in [2.45, 2.75) is 92.0 Å². The summed E-state index contributed by atoms with van der Waals surface area (Å²) in [6.45, 7) is 9.92. The minimum Gasteiger partial charge on any atom is -0.451 e. The van der Waals surface area contributed by atoms with Gasteiger partial charge in [-0.05, 0) is 41.5 Å². The molecule has 1 rings (SSSR count). The van der Waals surface area contributed by atoms with Gasteiger partial charge in [0.2, 0.25) is 11.9 Å². The zero-order valence-electron chi connectivity index (χ0n) is 25.4. The highest BCUT2D eigenvalue weighted by Crippen LogP contribution is 2.14. The van der Waals surface area contributed by atoms with Crippen molar-refractivity contribution >= 4 is 53.6 Å². The number of esters is 6. The first-order valence-electron chi connectivity index (χ1n) is 13.2. The normalized spacial score (nSPS) is 17.8. The third-order valence-electron chi connectivity index (χ3n) is 5.69. The standard InChI is InChI=1S/C26H37N3O14/c1-12(20(32)29-11-10-28(18(7)30)26(29)27-9)39-22(34)14(3)41-24(36)16(5)43-25(37)17(6)42-23(35)15(4)40-21(33)13(2)38-19(8)31/h12-17H,10-11H2,1-9H3/b27-26-/t12-,13-,14-,15-,16-,17-/m1/s1. The SMILES string of the molecule is C/N=C1/N(C(C)=O)CCN1C(=O)[C@@H](C)OC(=O)[C@@H](C)OC(=O)[C@@H](C)OC(=O)[C@@H](C)OC(=O)[C@@H](C)OC(=O)[C@@H](C)OC(C)=O. The van der Waals surface area contributed by atoms with Crippen LogP contribution in [0, 0.1) is 0 Å². The van der Waals surface area contributed by atoms with E-state index in [1.54, 1.807) is 0 Å². The number of guanidine groups is 1. The molecule has 0 N–H and O–H groups in total. The second kappa shape index (κ2) is 16.2. The van der Waals surface area contributed by atoms with Crippen molar-refractivity contribution in [2.75, 3.05) is 20.1 Å². The van der Waals surface area contributed by atoms with Crippen molar-refractivity contribution in [1.29, 1.82) is 0 Å². The summed E-state index contributed by atoms with van der Waals surface area (Å²) in [6.07, 6.45) is -8.65. The number of carbonyl (C=O) groups is 8. The van der Waals surface area contributed by atoms with Gasteiger partial charge in [-0.1, -0.05) is 0 Å². The number of carbonyl (C=O) groups excluding carboxylic acids is 8. The van der Waals surface area contributed by atoms with E-state index in [0.29, 0.717) is 0 Å². The Labute approximate surface area is 247 Å². The Morgan fingerprint density at radius 3 is 1.14 bits per heavy atom. The average molecular weight is 616 g/mol. The van der Waals surface area contributed by atoms with E-state index in [-0.39, 0.29) is 25.0 Å². The fourth-order valence-electron chi connectivity index (χ4n) is 3.40. The number of amides is 2. The fraction of sp³-hybridized carbons (Fsp3) is 0.654. The molecule has 1 aliphatic rings. The van der Waals surface area contributed by atoms with Crippen LogP contribution in [0.1, 0.15) is 55.4 Å². The van der Waals surface area contributed by atoms with Gasteiger partial charge < -0.3 is 28.4 Å². The first kappa shape index (κ1) is 36.5. The van der Waals surface area contributed by atoms with E-state index >= 15 is 0 Å². The molecule has 6 atom stereocenters. The van der Waals surface area contributed by atoms with Crippen LogP contribution in [0.25, 0.3) is 0 Å². The molecule has 1 heterocycles. The Hall–Kier alpha value is -4.57. The van der Waals surface area contributed by atoms with E-state index in [1.807, 2.05) is 0 Å². The van der Waals surface area contributed by atoms with Gasteiger partial charge in [0.25, 0.3) is 5.91 Å². The molecule has 17 heteroatoms. The summed E-state index contributed by atoms with van der Waals surface area (Å²) < 4.78 is 29.4. The topological polar surface area (TPSA) is 211 Å². The predicted octanol–water partition coefficient (Wildman–Crippen LogP) is -0.727. The first-order valence-corrected chi connectivity index (χ1v) is 13.2. The van der Waals surface area contributed by atoms with E-state index in [1.165, 1.54) is 44.5 Å². The van der Waals surface area contributed by atoms with Crippen LogP contribution in [0.5, 0.6) is 0 Å². The summed E-state index contributed by atoms with van der Waals surface area (Å²) in [5.41, 5.74) is 0. The van der Waals surface area contributed by atoms with Crippen LogP contribution < -0.4 is 0 Å². The Balaban J connectivity index is 2.59. The van der Waals surface area contributed by atoms with Crippen molar-refractivity contribution in [3.05, 3.63) is 0 Å². The van der Waals surface area contributed by atoms with E-state index in [4.69, 9.17) is 23.7 Å². The maximum Gasteiger partial charge on any atom is 0.347 e. The monoisotopic (exact) mass is 615 g/mol. The molecular formula is C26H37N3O14. The third-order valence-corrected chi connectivity index (χ3v) is 5.69. The molecule has 0 radical (unpaired) electrons. The fourth-order valence-corrected chi connectivity index (χ4v) is 3.40. The molecule has 1 saturated heterocycles. The molecule has 0 aliphatic carbocycles. The molecule has 0 saturated carbocycles. The highest BCUT2D eigenvalue weighted by Gasteiger charge is 2.37. The molecule has 2 amide bonds. The van der Waals surface area contributed by atoms with Gasteiger partial charge in [0.05, 0.1) is 0 Å². The van der Waals surface area contributed by atoms with Crippen molar-refractivity contribution in [2.24, 2.45) is 4.99 Å². The zero-order chi connectivity index (χ0) is 33.2. The highest BCUT2D eigenvalue weighted by molar-refractivity contribution is 6.06. The van der Waals surface area contributed by atoms with Gasteiger partial charge in [-0.15, -0.1) is 0 Å². The van der Waals surface area contributed by atoms with Crippen molar-refractivity contribution < 1.29 is 66.8 Å². The Bertz CT molecular complexity index is 1150. The minimum atomic E-state index is -1.55. The number of aliphatic imine (C=N–C) groups is 1. The molecule has 240 valence electrons. The van der Waals surface area contributed by atoms with Crippen molar-refractivity contribution in [1.82, 2.24) is 9.80 Å².